The summed E-state index contributed by atoms with van der Waals surface area (Å²) in [5, 5.41) is 3.72. The van der Waals surface area contributed by atoms with Gasteiger partial charge in [0.25, 0.3) is 5.91 Å². The molecule has 1 aromatic heterocycles. The zero-order valence-electron chi connectivity index (χ0n) is 13.1. The van der Waals surface area contributed by atoms with E-state index >= 15 is 0 Å². The van der Waals surface area contributed by atoms with E-state index in [0.717, 1.165) is 10.9 Å². The highest BCUT2D eigenvalue weighted by molar-refractivity contribution is 6.07. The van der Waals surface area contributed by atoms with Gasteiger partial charge < -0.3 is 9.73 Å². The van der Waals surface area contributed by atoms with Gasteiger partial charge in [-0.05, 0) is 25.1 Å². The molecular formula is C19H17NO3. The van der Waals surface area contributed by atoms with Crippen LogP contribution in [-0.4, -0.2) is 11.7 Å². The molecule has 3 rings (SSSR count). The minimum atomic E-state index is -0.320. The van der Waals surface area contributed by atoms with E-state index in [2.05, 4.69) is 5.32 Å². The second-order valence-corrected chi connectivity index (χ2v) is 5.36. The number of carbonyl (C=O) groups is 2. The Morgan fingerprint density at radius 3 is 2.61 bits per heavy atom. The second-order valence-electron chi connectivity index (χ2n) is 5.36. The number of rotatable bonds is 4. The van der Waals surface area contributed by atoms with Crippen molar-refractivity contribution < 1.29 is 14.0 Å². The summed E-state index contributed by atoms with van der Waals surface area (Å²) in [4.78, 5) is 24.2. The van der Waals surface area contributed by atoms with E-state index in [1.54, 1.807) is 24.3 Å². The standard InChI is InChI=1S/C19H17NO3/c1-3-16(21)13-7-6-8-14(11-13)20-19(22)18-12(2)15-9-4-5-10-17(15)23-18/h4-11H,3H2,1-2H3,(H,20,22). The van der Waals surface area contributed by atoms with Crippen molar-refractivity contribution in [2.24, 2.45) is 0 Å². The minimum absolute atomic E-state index is 0.0426. The van der Waals surface area contributed by atoms with Crippen LogP contribution in [-0.2, 0) is 0 Å². The molecule has 116 valence electrons. The molecule has 1 amide bonds. The Morgan fingerprint density at radius 1 is 1.09 bits per heavy atom. The van der Waals surface area contributed by atoms with Gasteiger partial charge in [0.15, 0.2) is 11.5 Å². The van der Waals surface area contributed by atoms with Crippen LogP contribution in [0.3, 0.4) is 0 Å². The van der Waals surface area contributed by atoms with Crippen molar-refractivity contribution in [3.05, 3.63) is 65.4 Å². The Kier molecular flexibility index (Phi) is 3.98. The second kappa shape index (κ2) is 6.08. The molecule has 1 heterocycles. The topological polar surface area (TPSA) is 59.3 Å². The number of Topliss-reactive ketones (excluding diaryl/α,β-unsaturated/α-hetero) is 1. The molecule has 0 spiro atoms. The number of anilines is 1. The summed E-state index contributed by atoms with van der Waals surface area (Å²) in [6, 6.07) is 14.5. The van der Waals surface area contributed by atoms with Gasteiger partial charge in [-0.1, -0.05) is 37.3 Å². The minimum Gasteiger partial charge on any atom is -0.451 e. The zero-order valence-corrected chi connectivity index (χ0v) is 13.1. The normalized spacial score (nSPS) is 10.7. The van der Waals surface area contributed by atoms with E-state index in [0.29, 0.717) is 29.0 Å². The highest BCUT2D eigenvalue weighted by Gasteiger charge is 2.17. The fraction of sp³-hybridized carbons (Fsp3) is 0.158. The molecule has 4 heteroatoms. The number of aryl methyl sites for hydroxylation is 1. The van der Waals surface area contributed by atoms with E-state index in [9.17, 15) is 9.59 Å². The van der Waals surface area contributed by atoms with E-state index in [-0.39, 0.29) is 11.7 Å². The molecule has 0 radical (unpaired) electrons. The molecule has 2 aromatic carbocycles. The summed E-state index contributed by atoms with van der Waals surface area (Å²) in [5.41, 5.74) is 2.66. The molecule has 1 N–H and O–H groups in total. The van der Waals surface area contributed by atoms with Crippen LogP contribution in [0.1, 0.15) is 39.8 Å². The predicted octanol–water partition coefficient (Wildman–Crippen LogP) is 4.59. The van der Waals surface area contributed by atoms with Crippen molar-refractivity contribution in [1.82, 2.24) is 0 Å². The first-order valence-electron chi connectivity index (χ1n) is 7.53. The molecule has 0 atom stereocenters. The Hall–Kier alpha value is -2.88. The van der Waals surface area contributed by atoms with E-state index in [1.165, 1.54) is 0 Å². The summed E-state index contributed by atoms with van der Waals surface area (Å²) in [6.45, 7) is 3.67. The van der Waals surface area contributed by atoms with Gasteiger partial charge in [0.05, 0.1) is 0 Å². The first kappa shape index (κ1) is 15.0. The SMILES string of the molecule is CCC(=O)c1cccc(NC(=O)c2oc3ccccc3c2C)c1. The Bertz CT molecular complexity index is 893. The van der Waals surface area contributed by atoms with Crippen LogP contribution in [0.25, 0.3) is 11.0 Å². The third kappa shape index (κ3) is 2.88. The Morgan fingerprint density at radius 2 is 1.87 bits per heavy atom. The number of hydrogen-bond donors (Lipinski definition) is 1. The number of para-hydroxylation sites is 1. The maximum Gasteiger partial charge on any atom is 0.291 e. The van der Waals surface area contributed by atoms with Crippen molar-refractivity contribution in [2.75, 3.05) is 5.32 Å². The Balaban J connectivity index is 1.89. The van der Waals surface area contributed by atoms with Crippen molar-refractivity contribution in [3.63, 3.8) is 0 Å². The van der Waals surface area contributed by atoms with E-state index < -0.39 is 0 Å². The Labute approximate surface area is 134 Å². The largest absolute Gasteiger partial charge is 0.451 e. The van der Waals surface area contributed by atoms with Gasteiger partial charge in [-0.2, -0.15) is 0 Å². The monoisotopic (exact) mass is 307 g/mol. The van der Waals surface area contributed by atoms with Crippen LogP contribution in [0.2, 0.25) is 0 Å². The smallest absolute Gasteiger partial charge is 0.291 e. The quantitative estimate of drug-likeness (QED) is 0.717. The molecule has 0 bridgehead atoms. The molecule has 0 aliphatic carbocycles. The zero-order chi connectivity index (χ0) is 16.4. The van der Waals surface area contributed by atoms with Crippen LogP contribution in [0.15, 0.2) is 52.9 Å². The lowest BCUT2D eigenvalue weighted by Crippen LogP contribution is -2.12. The number of fused-ring (bicyclic) bond motifs is 1. The maximum atomic E-state index is 12.5. The summed E-state index contributed by atoms with van der Waals surface area (Å²) < 4.78 is 5.65. The van der Waals surface area contributed by atoms with Crippen LogP contribution >= 0.6 is 0 Å². The van der Waals surface area contributed by atoms with Crippen LogP contribution in [0.4, 0.5) is 5.69 Å². The van der Waals surface area contributed by atoms with E-state index in [4.69, 9.17) is 4.42 Å². The number of carbonyl (C=O) groups excluding carboxylic acids is 2. The summed E-state index contributed by atoms with van der Waals surface area (Å²) in [5.74, 6) is 0.0132. The summed E-state index contributed by atoms with van der Waals surface area (Å²) in [7, 11) is 0. The summed E-state index contributed by atoms with van der Waals surface area (Å²) >= 11 is 0. The highest BCUT2D eigenvalue weighted by Crippen LogP contribution is 2.25. The predicted molar refractivity (Wildman–Crippen MR) is 90.0 cm³/mol. The lowest BCUT2D eigenvalue weighted by Gasteiger charge is -2.05. The van der Waals surface area contributed by atoms with Crippen molar-refractivity contribution in [2.45, 2.75) is 20.3 Å². The van der Waals surface area contributed by atoms with Crippen LogP contribution in [0.5, 0.6) is 0 Å². The lowest BCUT2D eigenvalue weighted by molar-refractivity contribution is 0.0982. The molecule has 0 saturated carbocycles. The molecule has 3 aromatic rings. The van der Waals surface area contributed by atoms with Crippen molar-refractivity contribution in [1.29, 1.82) is 0 Å². The third-order valence-electron chi connectivity index (χ3n) is 3.81. The summed E-state index contributed by atoms with van der Waals surface area (Å²) in [6.07, 6.45) is 0.431. The molecule has 0 aliphatic rings. The van der Waals surface area contributed by atoms with Crippen molar-refractivity contribution >= 4 is 28.3 Å². The molecule has 23 heavy (non-hydrogen) atoms. The number of furan rings is 1. The highest BCUT2D eigenvalue weighted by atomic mass is 16.3. The van der Waals surface area contributed by atoms with Gasteiger partial charge in [-0.3, -0.25) is 9.59 Å². The van der Waals surface area contributed by atoms with Gasteiger partial charge in [-0.15, -0.1) is 0 Å². The fourth-order valence-electron chi connectivity index (χ4n) is 2.55. The number of nitrogens with one attached hydrogen (secondary N) is 1. The number of benzene rings is 2. The number of hydrogen-bond acceptors (Lipinski definition) is 3. The first-order chi connectivity index (χ1) is 11.1. The number of ketones is 1. The average molecular weight is 307 g/mol. The molecule has 0 fully saturated rings. The molecule has 0 aliphatic heterocycles. The number of amides is 1. The van der Waals surface area contributed by atoms with Crippen LogP contribution < -0.4 is 5.32 Å². The van der Waals surface area contributed by atoms with Gasteiger partial charge in [0.2, 0.25) is 0 Å². The van der Waals surface area contributed by atoms with Gasteiger partial charge in [0.1, 0.15) is 5.58 Å². The van der Waals surface area contributed by atoms with Crippen molar-refractivity contribution in [3.8, 4) is 0 Å². The molecule has 4 nitrogen and oxygen atoms in total. The van der Waals surface area contributed by atoms with Gasteiger partial charge in [-0.25, -0.2) is 0 Å². The fourth-order valence-corrected chi connectivity index (χ4v) is 2.55. The maximum absolute atomic E-state index is 12.5. The molecule has 0 saturated heterocycles. The average Bonchev–Trinajstić information content (AvgIpc) is 2.92. The lowest BCUT2D eigenvalue weighted by atomic mass is 10.1. The van der Waals surface area contributed by atoms with E-state index in [1.807, 2.05) is 38.1 Å². The van der Waals surface area contributed by atoms with Crippen LogP contribution in [0, 0.1) is 6.92 Å². The first-order valence-corrected chi connectivity index (χ1v) is 7.53. The molecular weight excluding hydrogens is 290 g/mol. The van der Waals surface area contributed by atoms with Gasteiger partial charge in [0, 0.05) is 28.6 Å². The van der Waals surface area contributed by atoms with Gasteiger partial charge >= 0.3 is 0 Å². The third-order valence-corrected chi connectivity index (χ3v) is 3.81. The molecule has 0 unspecified atom stereocenters.